The smallest absolute Gasteiger partial charge is 0.331 e. The summed E-state index contributed by atoms with van der Waals surface area (Å²) >= 11 is 11.9. The van der Waals surface area contributed by atoms with Crippen LogP contribution in [0.4, 0.5) is 0 Å². The number of ether oxygens (including phenoxy) is 1. The van der Waals surface area contributed by atoms with Gasteiger partial charge in [-0.2, -0.15) is 0 Å². The number of hydrogen-bond donors (Lipinski definition) is 0. The Morgan fingerprint density at radius 3 is 2.75 bits per heavy atom. The maximum atomic E-state index is 11.2. The molecule has 0 aliphatic carbocycles. The van der Waals surface area contributed by atoms with Gasteiger partial charge in [-0.15, -0.1) is 0 Å². The Hall–Kier alpha value is -0.990. The molecule has 86 valence electrons. The van der Waals surface area contributed by atoms with Crippen LogP contribution in [-0.4, -0.2) is 12.6 Å². The van der Waals surface area contributed by atoms with Crippen molar-refractivity contribution < 1.29 is 9.53 Å². The molecule has 0 radical (unpaired) electrons. The van der Waals surface area contributed by atoms with Gasteiger partial charge in [0.2, 0.25) is 0 Å². The van der Waals surface area contributed by atoms with Crippen molar-refractivity contribution in [3.63, 3.8) is 0 Å². The van der Waals surface area contributed by atoms with Gasteiger partial charge in [0, 0.05) is 6.08 Å². The SMILES string of the molecule is CCOC(=O)/C=C(/C)c1cccc(Cl)c1Cl. The van der Waals surface area contributed by atoms with E-state index in [1.165, 1.54) is 6.08 Å². The van der Waals surface area contributed by atoms with Gasteiger partial charge in [-0.05, 0) is 31.1 Å². The summed E-state index contributed by atoms with van der Waals surface area (Å²) in [4.78, 5) is 11.2. The Kier molecular flexibility index (Phi) is 4.84. The number of esters is 1. The second-order valence-electron chi connectivity index (χ2n) is 3.18. The van der Waals surface area contributed by atoms with Crippen LogP contribution in [0.3, 0.4) is 0 Å². The molecule has 0 unspecified atom stereocenters. The van der Waals surface area contributed by atoms with Crippen molar-refractivity contribution in [2.75, 3.05) is 6.61 Å². The van der Waals surface area contributed by atoms with Crippen molar-refractivity contribution in [3.05, 3.63) is 39.9 Å². The van der Waals surface area contributed by atoms with Gasteiger partial charge in [0.15, 0.2) is 0 Å². The third-order valence-electron chi connectivity index (χ3n) is 2.00. The first-order valence-electron chi connectivity index (χ1n) is 4.85. The Bertz CT molecular complexity index is 425. The summed E-state index contributed by atoms with van der Waals surface area (Å²) in [5.41, 5.74) is 1.47. The summed E-state index contributed by atoms with van der Waals surface area (Å²) in [5.74, 6) is -0.379. The van der Waals surface area contributed by atoms with Crippen LogP contribution in [0.25, 0.3) is 5.57 Å². The zero-order valence-electron chi connectivity index (χ0n) is 9.09. The Morgan fingerprint density at radius 2 is 2.12 bits per heavy atom. The third-order valence-corrected chi connectivity index (χ3v) is 2.82. The molecule has 0 fully saturated rings. The summed E-state index contributed by atoms with van der Waals surface area (Å²) in [6.07, 6.45) is 1.40. The predicted molar refractivity (Wildman–Crippen MR) is 66.7 cm³/mol. The van der Waals surface area contributed by atoms with E-state index in [9.17, 15) is 4.79 Å². The molecule has 0 heterocycles. The molecule has 0 bridgehead atoms. The molecule has 0 saturated carbocycles. The second-order valence-corrected chi connectivity index (χ2v) is 3.97. The number of benzene rings is 1. The normalized spacial score (nSPS) is 11.4. The molecule has 1 rings (SSSR count). The van der Waals surface area contributed by atoms with Crippen LogP contribution in [0, 0.1) is 0 Å². The van der Waals surface area contributed by atoms with E-state index in [2.05, 4.69) is 0 Å². The van der Waals surface area contributed by atoms with E-state index in [4.69, 9.17) is 27.9 Å². The molecule has 0 saturated heterocycles. The summed E-state index contributed by atoms with van der Waals surface area (Å²) in [7, 11) is 0. The van der Waals surface area contributed by atoms with Gasteiger partial charge in [0.25, 0.3) is 0 Å². The Labute approximate surface area is 105 Å². The number of rotatable bonds is 3. The van der Waals surface area contributed by atoms with Crippen molar-refractivity contribution >= 4 is 34.7 Å². The second kappa shape index (κ2) is 5.92. The van der Waals surface area contributed by atoms with Gasteiger partial charge in [0.1, 0.15) is 0 Å². The number of hydrogen-bond acceptors (Lipinski definition) is 2. The van der Waals surface area contributed by atoms with Gasteiger partial charge >= 0.3 is 5.97 Å². The fourth-order valence-corrected chi connectivity index (χ4v) is 1.70. The number of allylic oxidation sites excluding steroid dienone is 1. The molecule has 2 nitrogen and oxygen atoms in total. The quantitative estimate of drug-likeness (QED) is 0.606. The van der Waals surface area contributed by atoms with Gasteiger partial charge in [-0.1, -0.05) is 35.3 Å². The highest BCUT2D eigenvalue weighted by Gasteiger charge is 2.07. The van der Waals surface area contributed by atoms with Crippen molar-refractivity contribution in [1.29, 1.82) is 0 Å². The first-order chi connectivity index (χ1) is 7.56. The minimum absolute atomic E-state index is 0.353. The lowest BCUT2D eigenvalue weighted by Crippen LogP contribution is -2.00. The highest BCUT2D eigenvalue weighted by atomic mass is 35.5. The first-order valence-corrected chi connectivity index (χ1v) is 5.61. The van der Waals surface area contributed by atoms with Crippen LogP contribution < -0.4 is 0 Å². The minimum atomic E-state index is -0.379. The Balaban J connectivity index is 3.00. The maximum Gasteiger partial charge on any atom is 0.331 e. The summed E-state index contributed by atoms with van der Waals surface area (Å²) in [6, 6.07) is 5.29. The molecule has 0 N–H and O–H groups in total. The van der Waals surface area contributed by atoms with Crippen molar-refractivity contribution in [3.8, 4) is 0 Å². The number of carbonyl (C=O) groups is 1. The van der Waals surface area contributed by atoms with E-state index < -0.39 is 0 Å². The lowest BCUT2D eigenvalue weighted by molar-refractivity contribution is -0.137. The molecule has 0 atom stereocenters. The monoisotopic (exact) mass is 258 g/mol. The molecule has 0 spiro atoms. The highest BCUT2D eigenvalue weighted by Crippen LogP contribution is 2.30. The van der Waals surface area contributed by atoms with Crippen molar-refractivity contribution in [2.24, 2.45) is 0 Å². The van der Waals surface area contributed by atoms with E-state index in [0.29, 0.717) is 16.7 Å². The number of halogens is 2. The fraction of sp³-hybridized carbons (Fsp3) is 0.250. The Morgan fingerprint density at radius 1 is 1.44 bits per heavy atom. The predicted octanol–water partition coefficient (Wildman–Crippen LogP) is 3.96. The van der Waals surface area contributed by atoms with Crippen LogP contribution in [0.2, 0.25) is 10.0 Å². The van der Waals surface area contributed by atoms with Gasteiger partial charge in [0.05, 0.1) is 16.7 Å². The van der Waals surface area contributed by atoms with E-state index in [-0.39, 0.29) is 5.97 Å². The molecule has 0 aromatic heterocycles. The van der Waals surface area contributed by atoms with Crippen LogP contribution in [-0.2, 0) is 9.53 Å². The maximum absolute atomic E-state index is 11.2. The molecule has 0 aliphatic rings. The molecular weight excluding hydrogens is 247 g/mol. The van der Waals surface area contributed by atoms with Crippen LogP contribution in [0.5, 0.6) is 0 Å². The van der Waals surface area contributed by atoms with Crippen LogP contribution in [0.1, 0.15) is 19.4 Å². The lowest BCUT2D eigenvalue weighted by Gasteiger charge is -2.05. The fourth-order valence-electron chi connectivity index (χ4n) is 1.25. The zero-order valence-corrected chi connectivity index (χ0v) is 10.6. The van der Waals surface area contributed by atoms with Crippen LogP contribution in [0.15, 0.2) is 24.3 Å². The van der Waals surface area contributed by atoms with Gasteiger partial charge in [-0.3, -0.25) is 0 Å². The lowest BCUT2D eigenvalue weighted by atomic mass is 10.1. The molecule has 16 heavy (non-hydrogen) atoms. The van der Waals surface area contributed by atoms with Crippen molar-refractivity contribution in [1.82, 2.24) is 0 Å². The topological polar surface area (TPSA) is 26.3 Å². The van der Waals surface area contributed by atoms with Gasteiger partial charge in [-0.25, -0.2) is 4.79 Å². The zero-order chi connectivity index (χ0) is 12.1. The van der Waals surface area contributed by atoms with Crippen molar-refractivity contribution in [2.45, 2.75) is 13.8 Å². The standard InChI is InChI=1S/C12H12Cl2O2/c1-3-16-11(15)7-8(2)9-5-4-6-10(13)12(9)14/h4-7H,3H2,1-2H3/b8-7-. The largest absolute Gasteiger partial charge is 0.463 e. The molecule has 1 aromatic rings. The highest BCUT2D eigenvalue weighted by molar-refractivity contribution is 6.43. The average molecular weight is 259 g/mol. The molecule has 4 heteroatoms. The first kappa shape index (κ1) is 13.1. The third kappa shape index (κ3) is 3.26. The summed E-state index contributed by atoms with van der Waals surface area (Å²) < 4.78 is 4.81. The van der Waals surface area contributed by atoms with E-state index in [1.54, 1.807) is 32.0 Å². The molecule has 0 amide bonds. The summed E-state index contributed by atoms with van der Waals surface area (Å²) in [5, 5.41) is 0.915. The molecule has 0 aliphatic heterocycles. The minimum Gasteiger partial charge on any atom is -0.463 e. The molecule has 1 aromatic carbocycles. The van der Waals surface area contributed by atoms with E-state index in [0.717, 1.165) is 11.1 Å². The van der Waals surface area contributed by atoms with Crippen LogP contribution >= 0.6 is 23.2 Å². The van der Waals surface area contributed by atoms with E-state index in [1.807, 2.05) is 0 Å². The summed E-state index contributed by atoms with van der Waals surface area (Å²) in [6.45, 7) is 3.90. The molecular formula is C12H12Cl2O2. The van der Waals surface area contributed by atoms with E-state index >= 15 is 0 Å². The average Bonchev–Trinajstić information content (AvgIpc) is 2.22. The number of carbonyl (C=O) groups excluding carboxylic acids is 1. The van der Waals surface area contributed by atoms with Gasteiger partial charge < -0.3 is 4.74 Å².